The molecule has 1 aromatic rings. The summed E-state index contributed by atoms with van der Waals surface area (Å²) in [5, 5.41) is 11.7. The minimum atomic E-state index is -0.138. The van der Waals surface area contributed by atoms with Crippen molar-refractivity contribution in [1.29, 1.82) is 0 Å². The molecule has 2 atom stereocenters. The van der Waals surface area contributed by atoms with Gasteiger partial charge >= 0.3 is 0 Å². The molecule has 0 spiro atoms. The molecule has 18 heavy (non-hydrogen) atoms. The van der Waals surface area contributed by atoms with Crippen molar-refractivity contribution in [2.45, 2.75) is 25.8 Å². The highest BCUT2D eigenvalue weighted by atomic mass is 16.5. The lowest BCUT2D eigenvalue weighted by molar-refractivity contribution is -0.127. The predicted octanol–water partition coefficient (Wildman–Crippen LogP) is 1.12. The summed E-state index contributed by atoms with van der Waals surface area (Å²) in [5.41, 5.74) is 1.08. The molecule has 0 fully saturated rings. The molecule has 1 amide bonds. The molecule has 1 aliphatic rings. The number of carbonyl (C=O) groups excluding carboxylic acids is 1. The Labute approximate surface area is 107 Å². The summed E-state index contributed by atoms with van der Waals surface area (Å²) in [6.45, 7) is 2.41. The Morgan fingerprint density at radius 3 is 3.11 bits per heavy atom. The third kappa shape index (κ3) is 3.01. The number of fused-ring (bicyclic) bond motifs is 1. The summed E-state index contributed by atoms with van der Waals surface area (Å²) >= 11 is 0. The van der Waals surface area contributed by atoms with Crippen LogP contribution < -0.4 is 10.1 Å². The van der Waals surface area contributed by atoms with Crippen LogP contribution in [-0.4, -0.2) is 30.3 Å². The topological polar surface area (TPSA) is 58.6 Å². The monoisotopic (exact) mass is 249 g/mol. The van der Waals surface area contributed by atoms with Crippen molar-refractivity contribution < 1.29 is 14.6 Å². The molecule has 1 aromatic carbocycles. The van der Waals surface area contributed by atoms with Gasteiger partial charge in [-0.1, -0.05) is 18.2 Å². The standard InChI is InChI=1S/C14H19NO3/c1-10(6-7-16)15-14(17)12-8-11-4-2-3-5-13(11)18-9-12/h2-5,10,12,16H,6-9H2,1H3,(H,15,17). The normalized spacial score (nSPS) is 19.6. The molecule has 2 unspecified atom stereocenters. The number of para-hydroxylation sites is 1. The molecule has 0 aromatic heterocycles. The van der Waals surface area contributed by atoms with E-state index in [0.29, 0.717) is 19.4 Å². The first-order chi connectivity index (χ1) is 8.70. The Morgan fingerprint density at radius 2 is 2.33 bits per heavy atom. The Morgan fingerprint density at radius 1 is 1.56 bits per heavy atom. The highest BCUT2D eigenvalue weighted by molar-refractivity contribution is 5.79. The molecule has 0 radical (unpaired) electrons. The van der Waals surface area contributed by atoms with E-state index in [1.807, 2.05) is 31.2 Å². The Bertz CT molecular complexity index is 419. The van der Waals surface area contributed by atoms with E-state index >= 15 is 0 Å². The first-order valence-electron chi connectivity index (χ1n) is 6.32. The van der Waals surface area contributed by atoms with Crippen LogP contribution in [0.5, 0.6) is 5.75 Å². The number of hydrogen-bond acceptors (Lipinski definition) is 3. The second-order valence-electron chi connectivity index (χ2n) is 4.74. The number of benzene rings is 1. The predicted molar refractivity (Wildman–Crippen MR) is 68.4 cm³/mol. The average Bonchev–Trinajstić information content (AvgIpc) is 2.38. The molecular weight excluding hydrogens is 230 g/mol. The van der Waals surface area contributed by atoms with Crippen LogP contribution in [-0.2, 0) is 11.2 Å². The first kappa shape index (κ1) is 12.9. The minimum Gasteiger partial charge on any atom is -0.492 e. The van der Waals surface area contributed by atoms with Gasteiger partial charge in [0.15, 0.2) is 0 Å². The highest BCUT2D eigenvalue weighted by Crippen LogP contribution is 2.26. The fourth-order valence-electron chi connectivity index (χ4n) is 2.12. The van der Waals surface area contributed by atoms with Gasteiger partial charge in [-0.25, -0.2) is 0 Å². The first-order valence-corrected chi connectivity index (χ1v) is 6.32. The summed E-state index contributed by atoms with van der Waals surface area (Å²) in [6.07, 6.45) is 1.30. The summed E-state index contributed by atoms with van der Waals surface area (Å²) in [4.78, 5) is 12.0. The number of rotatable bonds is 4. The van der Waals surface area contributed by atoms with Crippen molar-refractivity contribution in [2.24, 2.45) is 5.92 Å². The molecule has 1 heterocycles. The summed E-state index contributed by atoms with van der Waals surface area (Å²) in [7, 11) is 0. The number of nitrogens with one attached hydrogen (secondary N) is 1. The third-order valence-corrected chi connectivity index (χ3v) is 3.20. The van der Waals surface area contributed by atoms with E-state index in [4.69, 9.17) is 9.84 Å². The molecule has 1 aliphatic heterocycles. The van der Waals surface area contributed by atoms with E-state index in [9.17, 15) is 4.79 Å². The third-order valence-electron chi connectivity index (χ3n) is 3.20. The Balaban J connectivity index is 1.94. The molecule has 0 saturated carbocycles. The van der Waals surface area contributed by atoms with Crippen LogP contribution in [0.15, 0.2) is 24.3 Å². The highest BCUT2D eigenvalue weighted by Gasteiger charge is 2.26. The zero-order chi connectivity index (χ0) is 13.0. The van der Waals surface area contributed by atoms with Gasteiger partial charge < -0.3 is 15.2 Å². The Kier molecular flexibility index (Phi) is 4.20. The minimum absolute atomic E-state index is 0.000305. The maximum Gasteiger partial charge on any atom is 0.227 e. The number of hydrogen-bond donors (Lipinski definition) is 2. The van der Waals surface area contributed by atoms with Crippen molar-refractivity contribution in [3.63, 3.8) is 0 Å². The van der Waals surface area contributed by atoms with Gasteiger partial charge in [0.05, 0.1) is 5.92 Å². The fourth-order valence-corrected chi connectivity index (χ4v) is 2.12. The Hall–Kier alpha value is -1.55. The average molecular weight is 249 g/mol. The van der Waals surface area contributed by atoms with Crippen molar-refractivity contribution in [3.8, 4) is 5.75 Å². The van der Waals surface area contributed by atoms with Crippen LogP contribution in [0.3, 0.4) is 0 Å². The number of amides is 1. The van der Waals surface area contributed by atoms with Gasteiger partial charge in [0.25, 0.3) is 0 Å². The fraction of sp³-hybridized carbons (Fsp3) is 0.500. The van der Waals surface area contributed by atoms with Crippen LogP contribution in [0.1, 0.15) is 18.9 Å². The summed E-state index contributed by atoms with van der Waals surface area (Å²) in [6, 6.07) is 7.81. The lowest BCUT2D eigenvalue weighted by atomic mass is 9.96. The lowest BCUT2D eigenvalue weighted by Crippen LogP contribution is -2.41. The molecule has 0 bridgehead atoms. The largest absolute Gasteiger partial charge is 0.492 e. The van der Waals surface area contributed by atoms with Gasteiger partial charge in [-0.05, 0) is 31.4 Å². The molecule has 4 heteroatoms. The summed E-state index contributed by atoms with van der Waals surface area (Å²) < 4.78 is 5.59. The van der Waals surface area contributed by atoms with Crippen LogP contribution in [0.25, 0.3) is 0 Å². The van der Waals surface area contributed by atoms with Crippen molar-refractivity contribution in [1.82, 2.24) is 5.32 Å². The van der Waals surface area contributed by atoms with Crippen LogP contribution in [0.4, 0.5) is 0 Å². The van der Waals surface area contributed by atoms with Gasteiger partial charge in [-0.2, -0.15) is 0 Å². The molecule has 4 nitrogen and oxygen atoms in total. The van der Waals surface area contributed by atoms with E-state index in [-0.39, 0.29) is 24.5 Å². The van der Waals surface area contributed by atoms with Crippen LogP contribution in [0, 0.1) is 5.92 Å². The van der Waals surface area contributed by atoms with Gasteiger partial charge in [-0.15, -0.1) is 0 Å². The van der Waals surface area contributed by atoms with Crippen molar-refractivity contribution in [3.05, 3.63) is 29.8 Å². The SMILES string of the molecule is CC(CCO)NC(=O)C1COc2ccccc2C1. The van der Waals surface area contributed by atoms with E-state index < -0.39 is 0 Å². The van der Waals surface area contributed by atoms with Crippen LogP contribution >= 0.6 is 0 Å². The zero-order valence-electron chi connectivity index (χ0n) is 10.6. The van der Waals surface area contributed by atoms with Gasteiger partial charge in [0.2, 0.25) is 5.91 Å². The van der Waals surface area contributed by atoms with E-state index in [0.717, 1.165) is 11.3 Å². The lowest BCUT2D eigenvalue weighted by Gasteiger charge is -2.25. The van der Waals surface area contributed by atoms with Gasteiger partial charge in [0, 0.05) is 12.6 Å². The maximum atomic E-state index is 12.0. The maximum absolute atomic E-state index is 12.0. The van der Waals surface area contributed by atoms with Crippen molar-refractivity contribution in [2.75, 3.05) is 13.2 Å². The molecule has 0 aliphatic carbocycles. The quantitative estimate of drug-likeness (QED) is 0.841. The number of ether oxygens (including phenoxy) is 1. The van der Waals surface area contributed by atoms with Gasteiger partial charge in [-0.3, -0.25) is 4.79 Å². The van der Waals surface area contributed by atoms with Crippen LogP contribution in [0.2, 0.25) is 0 Å². The smallest absolute Gasteiger partial charge is 0.227 e. The number of carbonyl (C=O) groups is 1. The molecular formula is C14H19NO3. The molecule has 0 saturated heterocycles. The van der Waals surface area contributed by atoms with Crippen molar-refractivity contribution >= 4 is 5.91 Å². The molecule has 98 valence electrons. The summed E-state index contributed by atoms with van der Waals surface area (Å²) in [5.74, 6) is 0.747. The van der Waals surface area contributed by atoms with E-state index in [1.165, 1.54) is 0 Å². The molecule has 2 N–H and O–H groups in total. The molecule has 2 rings (SSSR count). The van der Waals surface area contributed by atoms with E-state index in [1.54, 1.807) is 0 Å². The van der Waals surface area contributed by atoms with Gasteiger partial charge in [0.1, 0.15) is 12.4 Å². The van der Waals surface area contributed by atoms with E-state index in [2.05, 4.69) is 5.32 Å². The number of aliphatic hydroxyl groups is 1. The second kappa shape index (κ2) is 5.87. The number of aliphatic hydroxyl groups excluding tert-OH is 1. The zero-order valence-corrected chi connectivity index (χ0v) is 10.6. The second-order valence-corrected chi connectivity index (χ2v) is 4.74.